The SMILES string of the molecule is O=S1(=O)CC(c2ccccc2)CS(=O)(=O)C1=CNc1ccccn1. The fraction of sp³-hybridized carbons (Fsp3) is 0.188. The summed E-state index contributed by atoms with van der Waals surface area (Å²) in [6, 6.07) is 13.9. The Labute approximate surface area is 141 Å². The zero-order chi connectivity index (χ0) is 17.2. The molecule has 1 aromatic heterocycles. The molecule has 0 atom stereocenters. The fourth-order valence-corrected chi connectivity index (χ4v) is 7.20. The van der Waals surface area contributed by atoms with Crippen LogP contribution >= 0.6 is 0 Å². The Balaban J connectivity index is 1.93. The van der Waals surface area contributed by atoms with E-state index in [1.807, 2.05) is 0 Å². The molecule has 1 fully saturated rings. The lowest BCUT2D eigenvalue weighted by Gasteiger charge is -2.24. The van der Waals surface area contributed by atoms with Crippen LogP contribution in [0.2, 0.25) is 0 Å². The van der Waals surface area contributed by atoms with Crippen LogP contribution in [0.25, 0.3) is 0 Å². The van der Waals surface area contributed by atoms with Crippen LogP contribution in [0, 0.1) is 0 Å². The molecule has 0 radical (unpaired) electrons. The Morgan fingerprint density at radius 3 is 2.12 bits per heavy atom. The maximum absolute atomic E-state index is 12.5. The van der Waals surface area contributed by atoms with E-state index in [1.54, 1.807) is 48.5 Å². The van der Waals surface area contributed by atoms with Crippen LogP contribution in [0.15, 0.2) is 65.2 Å². The van der Waals surface area contributed by atoms with Gasteiger partial charge in [-0.1, -0.05) is 36.4 Å². The predicted octanol–water partition coefficient (Wildman–Crippen LogP) is 1.92. The standard InChI is InChI=1S/C16H16N2O4S2/c19-23(20)11-14(13-6-2-1-3-7-13)12-24(21,22)16(23)10-18-15-8-4-5-9-17-15/h1-10,14H,11-12H2,(H,17,18). The number of rotatable bonds is 3. The van der Waals surface area contributed by atoms with Crippen molar-refractivity contribution in [2.24, 2.45) is 0 Å². The van der Waals surface area contributed by atoms with Crippen LogP contribution in [0.4, 0.5) is 5.82 Å². The highest BCUT2D eigenvalue weighted by Gasteiger charge is 2.41. The third-order valence-corrected chi connectivity index (χ3v) is 8.40. The third-order valence-electron chi connectivity index (χ3n) is 3.73. The molecule has 2 heterocycles. The number of benzene rings is 1. The van der Waals surface area contributed by atoms with Crippen LogP contribution in [-0.2, 0) is 19.7 Å². The molecule has 0 unspecified atom stereocenters. The number of sulfone groups is 2. The van der Waals surface area contributed by atoms with Crippen molar-refractivity contribution < 1.29 is 16.8 Å². The number of aromatic nitrogens is 1. The molecule has 24 heavy (non-hydrogen) atoms. The minimum absolute atomic E-state index is 0.230. The Kier molecular flexibility index (Phi) is 4.42. The van der Waals surface area contributed by atoms with E-state index in [0.29, 0.717) is 11.4 Å². The topological polar surface area (TPSA) is 93.2 Å². The van der Waals surface area contributed by atoms with Gasteiger partial charge in [-0.25, -0.2) is 21.8 Å². The monoisotopic (exact) mass is 364 g/mol. The molecule has 126 valence electrons. The van der Waals surface area contributed by atoms with Crippen LogP contribution in [0.5, 0.6) is 0 Å². The Morgan fingerprint density at radius 2 is 1.54 bits per heavy atom. The van der Waals surface area contributed by atoms with Gasteiger partial charge in [-0.05, 0) is 17.7 Å². The summed E-state index contributed by atoms with van der Waals surface area (Å²) in [5.41, 5.74) is 0.710. The summed E-state index contributed by atoms with van der Waals surface area (Å²) in [5.74, 6) is -0.647. The van der Waals surface area contributed by atoms with Gasteiger partial charge in [0.25, 0.3) is 0 Å². The second kappa shape index (κ2) is 6.37. The van der Waals surface area contributed by atoms with Crippen molar-refractivity contribution in [1.82, 2.24) is 4.98 Å². The number of nitrogens with zero attached hydrogens (tertiary/aromatic N) is 1. The number of hydrogen-bond acceptors (Lipinski definition) is 6. The van der Waals surface area contributed by atoms with Crippen molar-refractivity contribution in [3.63, 3.8) is 0 Å². The number of pyridine rings is 1. The summed E-state index contributed by atoms with van der Waals surface area (Å²) in [4.78, 5) is 3.98. The molecule has 1 N–H and O–H groups in total. The first-order valence-electron chi connectivity index (χ1n) is 7.27. The van der Waals surface area contributed by atoms with Crippen LogP contribution in [0.1, 0.15) is 11.5 Å². The minimum Gasteiger partial charge on any atom is -0.345 e. The predicted molar refractivity (Wildman–Crippen MR) is 92.7 cm³/mol. The van der Waals surface area contributed by atoms with Crippen molar-refractivity contribution in [2.75, 3.05) is 16.8 Å². The van der Waals surface area contributed by atoms with E-state index in [-0.39, 0.29) is 11.5 Å². The van der Waals surface area contributed by atoms with Gasteiger partial charge in [0.05, 0.1) is 11.5 Å². The van der Waals surface area contributed by atoms with E-state index in [0.717, 1.165) is 6.20 Å². The van der Waals surface area contributed by atoms with Gasteiger partial charge in [0, 0.05) is 18.3 Å². The molecule has 0 saturated carbocycles. The van der Waals surface area contributed by atoms with E-state index < -0.39 is 29.8 Å². The van der Waals surface area contributed by atoms with Gasteiger partial charge in [-0.2, -0.15) is 0 Å². The molecule has 3 rings (SSSR count). The average Bonchev–Trinajstić information content (AvgIpc) is 2.54. The summed E-state index contributed by atoms with van der Waals surface area (Å²) >= 11 is 0. The largest absolute Gasteiger partial charge is 0.345 e. The molecule has 1 aromatic carbocycles. The molecule has 0 aliphatic carbocycles. The lowest BCUT2D eigenvalue weighted by molar-refractivity contribution is 0.579. The van der Waals surface area contributed by atoms with Gasteiger partial charge in [0.1, 0.15) is 5.82 Å². The highest BCUT2D eigenvalue weighted by atomic mass is 32.3. The lowest BCUT2D eigenvalue weighted by atomic mass is 10.0. The van der Waals surface area contributed by atoms with Crippen LogP contribution < -0.4 is 5.32 Å². The summed E-state index contributed by atoms with van der Waals surface area (Å²) in [7, 11) is -7.83. The lowest BCUT2D eigenvalue weighted by Crippen LogP contribution is -2.33. The first-order chi connectivity index (χ1) is 11.4. The van der Waals surface area contributed by atoms with Crippen molar-refractivity contribution in [1.29, 1.82) is 0 Å². The van der Waals surface area contributed by atoms with E-state index in [9.17, 15) is 16.8 Å². The van der Waals surface area contributed by atoms with Crippen LogP contribution in [0.3, 0.4) is 0 Å². The molecule has 0 amide bonds. The molecular weight excluding hydrogens is 348 g/mol. The number of anilines is 1. The second-order valence-electron chi connectivity index (χ2n) is 5.49. The van der Waals surface area contributed by atoms with Gasteiger partial charge in [-0.15, -0.1) is 0 Å². The number of nitrogens with one attached hydrogen (secondary N) is 1. The maximum Gasteiger partial charge on any atom is 0.191 e. The molecule has 6 nitrogen and oxygen atoms in total. The summed E-state index contributed by atoms with van der Waals surface area (Å²) in [6.45, 7) is 0. The van der Waals surface area contributed by atoms with E-state index in [2.05, 4.69) is 10.3 Å². The molecule has 0 bridgehead atoms. The molecule has 2 aromatic rings. The minimum atomic E-state index is -3.92. The molecule has 8 heteroatoms. The molecule has 0 spiro atoms. The first-order valence-corrected chi connectivity index (χ1v) is 10.6. The quantitative estimate of drug-likeness (QED) is 0.894. The zero-order valence-corrected chi connectivity index (χ0v) is 14.3. The van der Waals surface area contributed by atoms with Gasteiger partial charge in [0.2, 0.25) is 0 Å². The van der Waals surface area contributed by atoms with Gasteiger partial charge in [0.15, 0.2) is 23.9 Å². The zero-order valence-electron chi connectivity index (χ0n) is 12.7. The van der Waals surface area contributed by atoms with Gasteiger partial charge < -0.3 is 5.32 Å². The normalized spacial score (nSPS) is 21.8. The summed E-state index contributed by atoms with van der Waals surface area (Å²) in [6.07, 6.45) is 2.55. The molecule has 1 aliphatic heterocycles. The van der Waals surface area contributed by atoms with E-state index in [1.165, 1.54) is 6.20 Å². The molecule has 1 saturated heterocycles. The Bertz CT molecular complexity index is 916. The van der Waals surface area contributed by atoms with Crippen molar-refractivity contribution in [2.45, 2.75) is 5.92 Å². The highest BCUT2D eigenvalue weighted by molar-refractivity contribution is 8.15. The molecule has 1 aliphatic rings. The maximum atomic E-state index is 12.5. The van der Waals surface area contributed by atoms with Crippen molar-refractivity contribution in [3.8, 4) is 0 Å². The highest BCUT2D eigenvalue weighted by Crippen LogP contribution is 2.32. The van der Waals surface area contributed by atoms with E-state index >= 15 is 0 Å². The Morgan fingerprint density at radius 1 is 0.917 bits per heavy atom. The van der Waals surface area contributed by atoms with E-state index in [4.69, 9.17) is 0 Å². The summed E-state index contributed by atoms with van der Waals surface area (Å²) < 4.78 is 49.4. The van der Waals surface area contributed by atoms with Gasteiger partial charge in [-0.3, -0.25) is 0 Å². The number of hydrogen-bond donors (Lipinski definition) is 1. The summed E-state index contributed by atoms with van der Waals surface area (Å²) in [5, 5.41) is 2.65. The molecular formula is C16H16N2O4S2. The smallest absolute Gasteiger partial charge is 0.191 e. The van der Waals surface area contributed by atoms with Crippen molar-refractivity contribution >= 4 is 25.5 Å². The second-order valence-corrected chi connectivity index (χ2v) is 9.76. The Hall–Kier alpha value is -2.19. The van der Waals surface area contributed by atoms with Crippen LogP contribution in [-0.4, -0.2) is 33.3 Å². The first kappa shape index (κ1) is 16.7. The van der Waals surface area contributed by atoms with Gasteiger partial charge >= 0.3 is 0 Å². The third kappa shape index (κ3) is 3.49. The average molecular weight is 364 g/mol. The van der Waals surface area contributed by atoms with Crippen molar-refractivity contribution in [3.05, 3.63) is 70.7 Å². The fourth-order valence-electron chi connectivity index (χ4n) is 2.61.